The predicted molar refractivity (Wildman–Crippen MR) is 105 cm³/mol. The zero-order valence-corrected chi connectivity index (χ0v) is 15.6. The van der Waals surface area contributed by atoms with Crippen molar-refractivity contribution >= 4 is 17.3 Å². The number of rotatable bonds is 6. The Bertz CT molecular complexity index is 854. The number of hydrogen-bond donors (Lipinski definition) is 1. The third kappa shape index (κ3) is 4.20. The van der Waals surface area contributed by atoms with E-state index in [-0.39, 0.29) is 0 Å². The summed E-state index contributed by atoms with van der Waals surface area (Å²) in [6.07, 6.45) is 7.73. The molecule has 0 fully saturated rings. The van der Waals surface area contributed by atoms with E-state index in [9.17, 15) is 0 Å². The standard InChI is InChI=1S/C20H23ClN4/c1-4-5-16-10-18(8-9-22-16)25-13-15(12-23-25)19-7-6-17(11-20(19)21)24-14(2)3/h6-14,24H,4-5H2,1-3H3. The van der Waals surface area contributed by atoms with Crippen LogP contribution in [-0.4, -0.2) is 20.8 Å². The van der Waals surface area contributed by atoms with Crippen LogP contribution in [0.15, 0.2) is 48.9 Å². The van der Waals surface area contributed by atoms with E-state index in [1.165, 1.54) is 0 Å². The fraction of sp³-hybridized carbons (Fsp3) is 0.300. The van der Waals surface area contributed by atoms with Gasteiger partial charge in [-0.25, -0.2) is 4.68 Å². The monoisotopic (exact) mass is 354 g/mol. The lowest BCUT2D eigenvalue weighted by Gasteiger charge is -2.11. The summed E-state index contributed by atoms with van der Waals surface area (Å²) in [5, 5.41) is 8.57. The highest BCUT2D eigenvalue weighted by atomic mass is 35.5. The summed E-state index contributed by atoms with van der Waals surface area (Å²) in [5.74, 6) is 0. The van der Waals surface area contributed by atoms with E-state index >= 15 is 0 Å². The summed E-state index contributed by atoms with van der Waals surface area (Å²) >= 11 is 6.48. The molecule has 0 radical (unpaired) electrons. The van der Waals surface area contributed by atoms with E-state index in [2.05, 4.69) is 42.2 Å². The topological polar surface area (TPSA) is 42.7 Å². The number of benzene rings is 1. The molecular weight excluding hydrogens is 332 g/mol. The first kappa shape index (κ1) is 17.5. The Kier molecular flexibility index (Phi) is 5.39. The Balaban J connectivity index is 1.87. The SMILES string of the molecule is CCCc1cc(-n2cc(-c3ccc(NC(C)C)cc3Cl)cn2)ccn1. The van der Waals surface area contributed by atoms with Crippen molar-refractivity contribution in [3.05, 3.63) is 59.6 Å². The third-order valence-corrected chi connectivity index (χ3v) is 4.20. The minimum atomic E-state index is 0.369. The lowest BCUT2D eigenvalue weighted by atomic mass is 10.1. The molecule has 2 heterocycles. The molecule has 25 heavy (non-hydrogen) atoms. The largest absolute Gasteiger partial charge is 0.383 e. The molecular formula is C20H23ClN4. The molecule has 130 valence electrons. The van der Waals surface area contributed by atoms with Crippen molar-refractivity contribution < 1.29 is 0 Å². The van der Waals surface area contributed by atoms with Crippen LogP contribution in [0.1, 0.15) is 32.9 Å². The van der Waals surface area contributed by atoms with Crippen molar-refractivity contribution in [1.82, 2.24) is 14.8 Å². The molecule has 2 aromatic heterocycles. The van der Waals surface area contributed by atoms with Crippen LogP contribution in [0, 0.1) is 0 Å². The molecule has 0 atom stereocenters. The van der Waals surface area contributed by atoms with Gasteiger partial charge in [-0.05, 0) is 44.5 Å². The van der Waals surface area contributed by atoms with Crippen LogP contribution in [0.5, 0.6) is 0 Å². The molecule has 1 aromatic carbocycles. The highest BCUT2D eigenvalue weighted by Crippen LogP contribution is 2.30. The number of aromatic nitrogens is 3. The van der Waals surface area contributed by atoms with Gasteiger partial charge in [-0.2, -0.15) is 5.10 Å². The summed E-state index contributed by atoms with van der Waals surface area (Å²) < 4.78 is 1.87. The summed E-state index contributed by atoms with van der Waals surface area (Å²) in [6.45, 7) is 6.36. The van der Waals surface area contributed by atoms with Gasteiger partial charge in [-0.15, -0.1) is 0 Å². The highest BCUT2D eigenvalue weighted by Gasteiger charge is 2.09. The molecule has 0 aliphatic rings. The van der Waals surface area contributed by atoms with Crippen molar-refractivity contribution in [1.29, 1.82) is 0 Å². The van der Waals surface area contributed by atoms with Crippen LogP contribution >= 0.6 is 11.6 Å². The van der Waals surface area contributed by atoms with E-state index < -0.39 is 0 Å². The highest BCUT2D eigenvalue weighted by molar-refractivity contribution is 6.33. The maximum Gasteiger partial charge on any atom is 0.0679 e. The fourth-order valence-corrected chi connectivity index (χ4v) is 3.07. The minimum Gasteiger partial charge on any atom is -0.383 e. The van der Waals surface area contributed by atoms with Gasteiger partial charge in [0, 0.05) is 40.9 Å². The van der Waals surface area contributed by atoms with E-state index in [1.807, 2.05) is 47.5 Å². The van der Waals surface area contributed by atoms with Crippen molar-refractivity contribution in [2.24, 2.45) is 0 Å². The van der Waals surface area contributed by atoms with Crippen LogP contribution in [0.25, 0.3) is 16.8 Å². The molecule has 0 aliphatic carbocycles. The number of nitrogens with zero attached hydrogens (tertiary/aromatic N) is 3. The van der Waals surface area contributed by atoms with Crippen molar-refractivity contribution in [2.75, 3.05) is 5.32 Å². The van der Waals surface area contributed by atoms with Gasteiger partial charge >= 0.3 is 0 Å². The Morgan fingerprint density at radius 1 is 1.20 bits per heavy atom. The number of hydrogen-bond acceptors (Lipinski definition) is 3. The molecule has 5 heteroatoms. The molecule has 1 N–H and O–H groups in total. The average molecular weight is 355 g/mol. The molecule has 3 aromatic rings. The van der Waals surface area contributed by atoms with Gasteiger partial charge < -0.3 is 5.32 Å². The van der Waals surface area contributed by atoms with Crippen molar-refractivity contribution in [3.8, 4) is 16.8 Å². The fourth-order valence-electron chi connectivity index (χ4n) is 2.78. The molecule has 0 saturated heterocycles. The third-order valence-electron chi connectivity index (χ3n) is 3.89. The summed E-state index contributed by atoms with van der Waals surface area (Å²) in [5.41, 5.74) is 5.09. The second-order valence-electron chi connectivity index (χ2n) is 6.42. The molecule has 0 saturated carbocycles. The maximum atomic E-state index is 6.48. The summed E-state index contributed by atoms with van der Waals surface area (Å²) in [7, 11) is 0. The Morgan fingerprint density at radius 2 is 2.04 bits per heavy atom. The van der Waals surface area contributed by atoms with Gasteiger partial charge in [-0.1, -0.05) is 31.0 Å². The van der Waals surface area contributed by atoms with Gasteiger partial charge in [0.05, 0.1) is 16.9 Å². The normalized spacial score (nSPS) is 11.1. The van der Waals surface area contributed by atoms with Gasteiger partial charge in [0.1, 0.15) is 0 Å². The second kappa shape index (κ2) is 7.70. The molecule has 0 aliphatic heterocycles. The van der Waals surface area contributed by atoms with Gasteiger partial charge in [0.15, 0.2) is 0 Å². The number of anilines is 1. The van der Waals surface area contributed by atoms with Crippen LogP contribution in [0.3, 0.4) is 0 Å². The average Bonchev–Trinajstić information content (AvgIpc) is 3.05. The van der Waals surface area contributed by atoms with Crippen LogP contribution in [0.4, 0.5) is 5.69 Å². The first-order valence-corrected chi connectivity index (χ1v) is 9.01. The lowest BCUT2D eigenvalue weighted by molar-refractivity contribution is 0.848. The first-order chi connectivity index (χ1) is 12.1. The first-order valence-electron chi connectivity index (χ1n) is 8.63. The van der Waals surface area contributed by atoms with Crippen LogP contribution in [0.2, 0.25) is 5.02 Å². The lowest BCUT2D eigenvalue weighted by Crippen LogP contribution is -2.09. The Labute approximate surface area is 153 Å². The molecule has 4 nitrogen and oxygen atoms in total. The quantitative estimate of drug-likeness (QED) is 0.647. The van der Waals surface area contributed by atoms with E-state index in [4.69, 9.17) is 11.6 Å². The van der Waals surface area contributed by atoms with E-state index in [0.29, 0.717) is 11.1 Å². The van der Waals surface area contributed by atoms with Gasteiger partial charge in [-0.3, -0.25) is 4.98 Å². The molecule has 0 amide bonds. The molecule has 0 spiro atoms. The molecule has 0 bridgehead atoms. The van der Waals surface area contributed by atoms with Crippen LogP contribution < -0.4 is 5.32 Å². The Hall–Kier alpha value is -2.33. The number of halogens is 1. The van der Waals surface area contributed by atoms with E-state index in [0.717, 1.165) is 41.0 Å². The number of aryl methyl sites for hydroxylation is 1. The maximum absolute atomic E-state index is 6.48. The summed E-state index contributed by atoms with van der Waals surface area (Å²) in [4.78, 5) is 4.40. The Morgan fingerprint density at radius 3 is 2.76 bits per heavy atom. The molecule has 0 unspecified atom stereocenters. The smallest absolute Gasteiger partial charge is 0.0679 e. The van der Waals surface area contributed by atoms with Crippen molar-refractivity contribution in [3.63, 3.8) is 0 Å². The number of nitrogens with one attached hydrogen (secondary N) is 1. The second-order valence-corrected chi connectivity index (χ2v) is 6.83. The van der Waals surface area contributed by atoms with E-state index in [1.54, 1.807) is 0 Å². The zero-order chi connectivity index (χ0) is 17.8. The summed E-state index contributed by atoms with van der Waals surface area (Å²) in [6, 6.07) is 10.5. The number of pyridine rings is 1. The van der Waals surface area contributed by atoms with Crippen molar-refractivity contribution in [2.45, 2.75) is 39.7 Å². The minimum absolute atomic E-state index is 0.369. The van der Waals surface area contributed by atoms with Gasteiger partial charge in [0.25, 0.3) is 0 Å². The predicted octanol–water partition coefficient (Wildman–Crippen LogP) is 5.36. The van der Waals surface area contributed by atoms with Gasteiger partial charge in [0.2, 0.25) is 0 Å². The zero-order valence-electron chi connectivity index (χ0n) is 14.8. The molecule has 3 rings (SSSR count). The van der Waals surface area contributed by atoms with Crippen LogP contribution in [-0.2, 0) is 6.42 Å².